The van der Waals surface area contributed by atoms with Gasteiger partial charge in [0.1, 0.15) is 11.5 Å². The van der Waals surface area contributed by atoms with E-state index in [1.54, 1.807) is 0 Å². The maximum Gasteiger partial charge on any atom is 0.146 e. The number of hydrogen-bond donors (Lipinski definition) is 1. The minimum Gasteiger partial charge on any atom is -0.456 e. The molecule has 0 aliphatic rings. The molecule has 1 N–H and O–H groups in total. The summed E-state index contributed by atoms with van der Waals surface area (Å²) in [5, 5.41) is 4.05. The van der Waals surface area contributed by atoms with Crippen LogP contribution in [0.4, 0.5) is 0 Å². The maximum absolute atomic E-state index is 6.17. The molecule has 2 nitrogen and oxygen atoms in total. The van der Waals surface area contributed by atoms with Crippen molar-refractivity contribution >= 4 is 11.6 Å². The Morgan fingerprint density at radius 1 is 1.10 bits per heavy atom. The Hall–Kier alpha value is -1.51. The molecule has 0 aliphatic carbocycles. The smallest absolute Gasteiger partial charge is 0.146 e. The third-order valence-corrected chi connectivity index (χ3v) is 3.68. The minimum absolute atomic E-state index is 0.631. The van der Waals surface area contributed by atoms with Crippen LogP contribution >= 0.6 is 11.6 Å². The molecule has 2 aromatic carbocycles. The van der Waals surface area contributed by atoms with Gasteiger partial charge in [-0.1, -0.05) is 30.7 Å². The van der Waals surface area contributed by atoms with Gasteiger partial charge < -0.3 is 10.1 Å². The summed E-state index contributed by atoms with van der Waals surface area (Å²) in [6.07, 6.45) is 1.14. The second kappa shape index (κ2) is 7.48. The van der Waals surface area contributed by atoms with Crippen molar-refractivity contribution in [1.82, 2.24) is 5.32 Å². The van der Waals surface area contributed by atoms with E-state index in [4.69, 9.17) is 16.3 Å². The number of halogens is 1. The van der Waals surface area contributed by atoms with Crippen molar-refractivity contribution in [3.63, 3.8) is 0 Å². The first kappa shape index (κ1) is 15.9. The van der Waals surface area contributed by atoms with E-state index in [2.05, 4.69) is 31.3 Å². The van der Waals surface area contributed by atoms with Crippen molar-refractivity contribution < 1.29 is 4.74 Å². The molecule has 0 aromatic heterocycles. The number of benzene rings is 2. The van der Waals surface area contributed by atoms with Crippen LogP contribution in [0.5, 0.6) is 11.5 Å². The fraction of sp³-hybridized carbons (Fsp3) is 0.333. The van der Waals surface area contributed by atoms with Gasteiger partial charge in [0, 0.05) is 6.54 Å². The van der Waals surface area contributed by atoms with Gasteiger partial charge in [0.25, 0.3) is 0 Å². The SMILES string of the molecule is CCCNCc1ccc(Oc2cc(C)ccc2Cl)cc1C. The maximum atomic E-state index is 6.17. The number of hydrogen-bond acceptors (Lipinski definition) is 2. The Kier molecular flexibility index (Phi) is 5.66. The Morgan fingerprint density at radius 3 is 2.62 bits per heavy atom. The lowest BCUT2D eigenvalue weighted by atomic mass is 10.1. The summed E-state index contributed by atoms with van der Waals surface area (Å²) in [5.41, 5.74) is 3.65. The average Bonchev–Trinajstić information content (AvgIpc) is 2.45. The van der Waals surface area contributed by atoms with Crippen LogP contribution in [-0.4, -0.2) is 6.54 Å². The van der Waals surface area contributed by atoms with E-state index in [-0.39, 0.29) is 0 Å². The third-order valence-electron chi connectivity index (χ3n) is 3.37. The van der Waals surface area contributed by atoms with Gasteiger partial charge in [0.15, 0.2) is 0 Å². The zero-order valence-electron chi connectivity index (χ0n) is 12.9. The van der Waals surface area contributed by atoms with Gasteiger partial charge in [-0.2, -0.15) is 0 Å². The summed E-state index contributed by atoms with van der Waals surface area (Å²) < 4.78 is 5.90. The highest BCUT2D eigenvalue weighted by Gasteiger charge is 2.05. The number of nitrogens with one attached hydrogen (secondary N) is 1. The molecule has 0 amide bonds. The van der Waals surface area contributed by atoms with Crippen molar-refractivity contribution in [3.05, 3.63) is 58.1 Å². The Labute approximate surface area is 132 Å². The molecule has 0 fully saturated rings. The molecule has 0 saturated carbocycles. The predicted molar refractivity (Wildman–Crippen MR) is 89.4 cm³/mol. The van der Waals surface area contributed by atoms with Crippen LogP contribution in [0.1, 0.15) is 30.0 Å². The highest BCUT2D eigenvalue weighted by Crippen LogP contribution is 2.31. The molecule has 0 bridgehead atoms. The first-order valence-electron chi connectivity index (χ1n) is 7.34. The summed E-state index contributed by atoms with van der Waals surface area (Å²) in [6.45, 7) is 8.23. The highest BCUT2D eigenvalue weighted by molar-refractivity contribution is 6.32. The molecule has 21 heavy (non-hydrogen) atoms. The number of ether oxygens (including phenoxy) is 1. The van der Waals surface area contributed by atoms with Crippen molar-refractivity contribution in [1.29, 1.82) is 0 Å². The predicted octanol–water partition coefficient (Wildman–Crippen LogP) is 5.25. The molecule has 0 atom stereocenters. The monoisotopic (exact) mass is 303 g/mol. The zero-order valence-corrected chi connectivity index (χ0v) is 13.6. The zero-order chi connectivity index (χ0) is 15.2. The van der Waals surface area contributed by atoms with E-state index in [0.717, 1.165) is 30.8 Å². The van der Waals surface area contributed by atoms with Crippen LogP contribution < -0.4 is 10.1 Å². The molecule has 3 heteroatoms. The van der Waals surface area contributed by atoms with Gasteiger partial charge in [-0.05, 0) is 67.8 Å². The number of aryl methyl sites for hydroxylation is 2. The molecule has 0 heterocycles. The summed E-state index contributed by atoms with van der Waals surface area (Å²) >= 11 is 6.17. The highest BCUT2D eigenvalue weighted by atomic mass is 35.5. The van der Waals surface area contributed by atoms with E-state index >= 15 is 0 Å². The van der Waals surface area contributed by atoms with E-state index in [9.17, 15) is 0 Å². The van der Waals surface area contributed by atoms with Gasteiger partial charge in [-0.3, -0.25) is 0 Å². The van der Waals surface area contributed by atoms with Gasteiger partial charge in [-0.15, -0.1) is 0 Å². The Balaban J connectivity index is 2.11. The Morgan fingerprint density at radius 2 is 1.90 bits per heavy atom. The fourth-order valence-corrected chi connectivity index (χ4v) is 2.30. The van der Waals surface area contributed by atoms with Crippen LogP contribution in [0, 0.1) is 13.8 Å². The Bertz CT molecular complexity index is 610. The summed E-state index contributed by atoms with van der Waals surface area (Å²) in [7, 11) is 0. The molecule has 0 spiro atoms. The first-order valence-corrected chi connectivity index (χ1v) is 7.72. The van der Waals surface area contributed by atoms with Crippen LogP contribution in [-0.2, 0) is 6.54 Å². The summed E-state index contributed by atoms with van der Waals surface area (Å²) in [4.78, 5) is 0. The second-order valence-electron chi connectivity index (χ2n) is 5.30. The van der Waals surface area contributed by atoms with Gasteiger partial charge in [-0.25, -0.2) is 0 Å². The average molecular weight is 304 g/mol. The topological polar surface area (TPSA) is 21.3 Å². The molecule has 0 radical (unpaired) electrons. The van der Waals surface area contributed by atoms with Crippen molar-refractivity contribution in [2.45, 2.75) is 33.7 Å². The van der Waals surface area contributed by atoms with Gasteiger partial charge in [0.2, 0.25) is 0 Å². The van der Waals surface area contributed by atoms with Crippen LogP contribution in [0.15, 0.2) is 36.4 Å². The molecule has 0 unspecified atom stereocenters. The van der Waals surface area contributed by atoms with E-state index in [1.807, 2.05) is 31.2 Å². The first-order chi connectivity index (χ1) is 10.1. The largest absolute Gasteiger partial charge is 0.456 e. The van der Waals surface area contributed by atoms with Gasteiger partial charge >= 0.3 is 0 Å². The van der Waals surface area contributed by atoms with Gasteiger partial charge in [0.05, 0.1) is 5.02 Å². The van der Waals surface area contributed by atoms with Crippen molar-refractivity contribution in [3.8, 4) is 11.5 Å². The van der Waals surface area contributed by atoms with E-state index in [1.165, 1.54) is 11.1 Å². The lowest BCUT2D eigenvalue weighted by Crippen LogP contribution is -2.14. The summed E-state index contributed by atoms with van der Waals surface area (Å²) in [5.74, 6) is 1.52. The summed E-state index contributed by atoms with van der Waals surface area (Å²) in [6, 6.07) is 12.0. The quantitative estimate of drug-likeness (QED) is 0.736. The lowest BCUT2D eigenvalue weighted by molar-refractivity contribution is 0.481. The van der Waals surface area contributed by atoms with E-state index in [0.29, 0.717) is 10.8 Å². The van der Waals surface area contributed by atoms with Crippen molar-refractivity contribution in [2.75, 3.05) is 6.54 Å². The van der Waals surface area contributed by atoms with E-state index < -0.39 is 0 Å². The molecule has 2 aromatic rings. The van der Waals surface area contributed by atoms with Crippen molar-refractivity contribution in [2.24, 2.45) is 0 Å². The van der Waals surface area contributed by atoms with Crippen LogP contribution in [0.25, 0.3) is 0 Å². The lowest BCUT2D eigenvalue weighted by Gasteiger charge is -2.12. The molecular formula is C18H22ClNO. The number of rotatable bonds is 6. The molecule has 2 rings (SSSR count). The minimum atomic E-state index is 0.631. The molecule has 112 valence electrons. The molecule has 0 aliphatic heterocycles. The second-order valence-corrected chi connectivity index (χ2v) is 5.71. The molecular weight excluding hydrogens is 282 g/mol. The fourth-order valence-electron chi connectivity index (χ4n) is 2.15. The standard InChI is InChI=1S/C18H22ClNO/c1-4-9-20-12-15-6-7-16(11-14(15)3)21-18-10-13(2)5-8-17(18)19/h5-8,10-11,20H,4,9,12H2,1-3H3. The normalized spacial score (nSPS) is 10.7. The van der Waals surface area contributed by atoms with Crippen LogP contribution in [0.2, 0.25) is 5.02 Å². The molecule has 0 saturated heterocycles. The third kappa shape index (κ3) is 4.48. The van der Waals surface area contributed by atoms with Crippen LogP contribution in [0.3, 0.4) is 0 Å².